The van der Waals surface area contributed by atoms with Crippen LogP contribution in [0.15, 0.2) is 12.4 Å². The Morgan fingerprint density at radius 3 is 2.95 bits per heavy atom. The van der Waals surface area contributed by atoms with Crippen LogP contribution in [0.3, 0.4) is 0 Å². The van der Waals surface area contributed by atoms with Crippen LogP contribution in [0.2, 0.25) is 0 Å². The molecule has 0 radical (unpaired) electrons. The van der Waals surface area contributed by atoms with Crippen LogP contribution in [-0.2, 0) is 0 Å². The van der Waals surface area contributed by atoms with Crippen molar-refractivity contribution in [2.24, 2.45) is 0 Å². The maximum Gasteiger partial charge on any atom is 0.218 e. The number of nitrogens with zero attached hydrogens (tertiary/aromatic N) is 3. The van der Waals surface area contributed by atoms with Crippen molar-refractivity contribution >= 4 is 5.82 Å². The van der Waals surface area contributed by atoms with Gasteiger partial charge in [-0.3, -0.25) is 0 Å². The number of rotatable bonds is 7. The molecule has 1 N–H and O–H groups in total. The predicted octanol–water partition coefficient (Wildman–Crippen LogP) is 2.23. The van der Waals surface area contributed by atoms with Crippen LogP contribution in [0.1, 0.15) is 39.5 Å². The van der Waals surface area contributed by atoms with Crippen LogP contribution in [0.5, 0.6) is 5.88 Å². The number of hydrogen-bond acceptors (Lipinski definition) is 5. The summed E-state index contributed by atoms with van der Waals surface area (Å²) < 4.78 is 5.47. The number of anilines is 1. The average Bonchev–Trinajstić information content (AvgIpc) is 2.49. The molecule has 0 aromatic carbocycles. The van der Waals surface area contributed by atoms with E-state index in [1.165, 1.54) is 19.3 Å². The van der Waals surface area contributed by atoms with Gasteiger partial charge in [-0.15, -0.1) is 0 Å². The van der Waals surface area contributed by atoms with Gasteiger partial charge in [0.25, 0.3) is 0 Å². The van der Waals surface area contributed by atoms with E-state index < -0.39 is 0 Å². The number of piperidine rings is 1. The van der Waals surface area contributed by atoms with Gasteiger partial charge in [-0.25, -0.2) is 9.97 Å². The summed E-state index contributed by atoms with van der Waals surface area (Å²) in [5, 5.41) is 3.60. The fourth-order valence-electron chi connectivity index (χ4n) is 2.64. The fourth-order valence-corrected chi connectivity index (χ4v) is 2.64. The lowest BCUT2D eigenvalue weighted by molar-refractivity contribution is 0.326. The highest BCUT2D eigenvalue weighted by Gasteiger charge is 2.17. The van der Waals surface area contributed by atoms with E-state index in [1.807, 2.05) is 13.0 Å². The van der Waals surface area contributed by atoms with Gasteiger partial charge in [-0.05, 0) is 32.7 Å². The van der Waals surface area contributed by atoms with Gasteiger partial charge in [-0.2, -0.15) is 0 Å². The van der Waals surface area contributed by atoms with Crippen LogP contribution in [0, 0.1) is 0 Å². The maximum atomic E-state index is 5.47. The monoisotopic (exact) mass is 278 g/mol. The Bertz CT molecular complexity index is 393. The molecule has 1 unspecified atom stereocenters. The molecule has 0 saturated carbocycles. The Morgan fingerprint density at radius 2 is 2.25 bits per heavy atom. The van der Waals surface area contributed by atoms with E-state index in [1.54, 1.807) is 6.33 Å². The molecule has 2 rings (SSSR count). The lowest BCUT2D eigenvalue weighted by Crippen LogP contribution is -2.44. The molecule has 0 spiro atoms. The van der Waals surface area contributed by atoms with Crippen molar-refractivity contribution in [2.45, 2.75) is 45.6 Å². The Hall–Kier alpha value is -1.36. The minimum atomic E-state index is 0.570. The molecule has 1 saturated heterocycles. The van der Waals surface area contributed by atoms with Crippen LogP contribution in [-0.4, -0.2) is 42.3 Å². The average molecular weight is 278 g/mol. The molecular weight excluding hydrogens is 252 g/mol. The van der Waals surface area contributed by atoms with Crippen molar-refractivity contribution in [3.8, 4) is 5.88 Å². The molecule has 0 amide bonds. The SMILES string of the molecule is CCCN(CC1CCCCN1)c1cc(OCC)ncn1. The van der Waals surface area contributed by atoms with Crippen molar-refractivity contribution < 1.29 is 4.74 Å². The highest BCUT2D eigenvalue weighted by Crippen LogP contribution is 2.18. The van der Waals surface area contributed by atoms with Gasteiger partial charge in [0, 0.05) is 25.2 Å². The number of hydrogen-bond donors (Lipinski definition) is 1. The molecule has 1 aliphatic heterocycles. The van der Waals surface area contributed by atoms with Gasteiger partial charge in [-0.1, -0.05) is 13.3 Å². The Labute approximate surface area is 121 Å². The summed E-state index contributed by atoms with van der Waals surface area (Å²) >= 11 is 0. The molecule has 20 heavy (non-hydrogen) atoms. The molecule has 1 aliphatic rings. The first-order chi connectivity index (χ1) is 9.83. The summed E-state index contributed by atoms with van der Waals surface area (Å²) in [5.41, 5.74) is 0. The summed E-state index contributed by atoms with van der Waals surface area (Å²) in [7, 11) is 0. The molecule has 1 atom stereocenters. The lowest BCUT2D eigenvalue weighted by Gasteiger charge is -2.31. The molecule has 5 nitrogen and oxygen atoms in total. The fraction of sp³-hybridized carbons (Fsp3) is 0.733. The molecule has 0 bridgehead atoms. The summed E-state index contributed by atoms with van der Waals surface area (Å²) in [6.07, 6.45) is 6.58. The van der Waals surface area contributed by atoms with Crippen molar-refractivity contribution in [1.29, 1.82) is 0 Å². The Morgan fingerprint density at radius 1 is 1.35 bits per heavy atom. The van der Waals surface area contributed by atoms with Crippen molar-refractivity contribution in [3.05, 3.63) is 12.4 Å². The normalized spacial score (nSPS) is 18.8. The first-order valence-corrected chi connectivity index (χ1v) is 7.76. The maximum absolute atomic E-state index is 5.47. The Balaban J connectivity index is 2.04. The highest BCUT2D eigenvalue weighted by molar-refractivity contribution is 5.41. The quantitative estimate of drug-likeness (QED) is 0.829. The van der Waals surface area contributed by atoms with Gasteiger partial charge in [0.05, 0.1) is 6.61 Å². The summed E-state index contributed by atoms with van der Waals surface area (Å²) in [6.45, 7) is 7.97. The topological polar surface area (TPSA) is 50.3 Å². The lowest BCUT2D eigenvalue weighted by atomic mass is 10.0. The molecule has 1 fully saturated rings. The third kappa shape index (κ3) is 4.34. The van der Waals surface area contributed by atoms with Crippen LogP contribution in [0.4, 0.5) is 5.82 Å². The molecular formula is C15H26N4O. The van der Waals surface area contributed by atoms with Crippen LogP contribution in [0.25, 0.3) is 0 Å². The predicted molar refractivity (Wildman–Crippen MR) is 81.3 cm³/mol. The highest BCUT2D eigenvalue weighted by atomic mass is 16.5. The first kappa shape index (κ1) is 15.0. The molecule has 112 valence electrons. The van der Waals surface area contributed by atoms with Gasteiger partial charge in [0.1, 0.15) is 12.1 Å². The summed E-state index contributed by atoms with van der Waals surface area (Å²) in [5.74, 6) is 1.63. The molecule has 5 heteroatoms. The standard InChI is InChI=1S/C15H26N4O/c1-3-9-19(11-13-7-5-6-8-16-13)14-10-15(20-4-2)18-12-17-14/h10,12-13,16H,3-9,11H2,1-2H3. The van der Waals surface area contributed by atoms with E-state index in [0.29, 0.717) is 18.5 Å². The minimum Gasteiger partial charge on any atom is -0.478 e. The van der Waals surface area contributed by atoms with Gasteiger partial charge in [0.2, 0.25) is 5.88 Å². The molecule has 2 heterocycles. The summed E-state index contributed by atoms with van der Waals surface area (Å²) in [6, 6.07) is 2.52. The first-order valence-electron chi connectivity index (χ1n) is 7.76. The van der Waals surface area contributed by atoms with Gasteiger partial charge in [0.15, 0.2) is 0 Å². The van der Waals surface area contributed by atoms with E-state index in [9.17, 15) is 0 Å². The van der Waals surface area contributed by atoms with Crippen LogP contribution < -0.4 is 15.0 Å². The van der Waals surface area contributed by atoms with Crippen molar-refractivity contribution in [1.82, 2.24) is 15.3 Å². The van der Waals surface area contributed by atoms with Gasteiger partial charge < -0.3 is 15.0 Å². The number of aromatic nitrogens is 2. The van der Waals surface area contributed by atoms with Crippen molar-refractivity contribution in [2.75, 3.05) is 31.1 Å². The van der Waals surface area contributed by atoms with E-state index in [4.69, 9.17) is 4.74 Å². The second-order valence-corrected chi connectivity index (χ2v) is 5.24. The van der Waals surface area contributed by atoms with E-state index in [2.05, 4.69) is 27.1 Å². The van der Waals surface area contributed by atoms with E-state index >= 15 is 0 Å². The van der Waals surface area contributed by atoms with Crippen LogP contribution >= 0.6 is 0 Å². The minimum absolute atomic E-state index is 0.570. The van der Waals surface area contributed by atoms with E-state index in [-0.39, 0.29) is 0 Å². The number of nitrogens with one attached hydrogen (secondary N) is 1. The number of ether oxygens (including phenoxy) is 1. The summed E-state index contributed by atoms with van der Waals surface area (Å²) in [4.78, 5) is 10.9. The zero-order valence-corrected chi connectivity index (χ0v) is 12.6. The zero-order valence-electron chi connectivity index (χ0n) is 12.6. The van der Waals surface area contributed by atoms with Gasteiger partial charge >= 0.3 is 0 Å². The third-order valence-corrected chi connectivity index (χ3v) is 3.59. The molecule has 1 aromatic heterocycles. The second-order valence-electron chi connectivity index (χ2n) is 5.24. The largest absolute Gasteiger partial charge is 0.478 e. The van der Waals surface area contributed by atoms with E-state index in [0.717, 1.165) is 31.9 Å². The third-order valence-electron chi connectivity index (χ3n) is 3.59. The Kier molecular flexibility index (Phi) is 6.05. The molecule has 1 aromatic rings. The molecule has 0 aliphatic carbocycles. The second kappa shape index (κ2) is 8.04. The van der Waals surface area contributed by atoms with Crippen molar-refractivity contribution in [3.63, 3.8) is 0 Å². The smallest absolute Gasteiger partial charge is 0.218 e. The zero-order chi connectivity index (χ0) is 14.2.